The topological polar surface area (TPSA) is 38.3 Å². The number of amides is 1. The maximum Gasteiger partial charge on any atom is 0.407 e. The molecule has 0 aromatic heterocycles. The van der Waals surface area contributed by atoms with Crippen molar-refractivity contribution in [1.29, 1.82) is 0 Å². The van der Waals surface area contributed by atoms with Crippen LogP contribution in [0.1, 0.15) is 26.3 Å². The van der Waals surface area contributed by atoms with Gasteiger partial charge in [-0.25, -0.2) is 4.79 Å². The van der Waals surface area contributed by atoms with Crippen LogP contribution in [0.3, 0.4) is 0 Å². The van der Waals surface area contributed by atoms with E-state index in [0.29, 0.717) is 16.6 Å². The van der Waals surface area contributed by atoms with Gasteiger partial charge in [-0.1, -0.05) is 35.4 Å². The number of rotatable bonds is 3. The molecule has 1 rings (SSSR count). The number of nitrogens with one attached hydrogen (secondary N) is 1. The molecule has 19 heavy (non-hydrogen) atoms. The van der Waals surface area contributed by atoms with Crippen LogP contribution in [0.25, 0.3) is 6.08 Å². The van der Waals surface area contributed by atoms with Gasteiger partial charge in [0.1, 0.15) is 5.60 Å². The van der Waals surface area contributed by atoms with Gasteiger partial charge in [-0.3, -0.25) is 0 Å². The Labute approximate surface area is 123 Å². The van der Waals surface area contributed by atoms with Gasteiger partial charge >= 0.3 is 6.09 Å². The molecule has 1 N–H and O–H groups in total. The van der Waals surface area contributed by atoms with E-state index in [2.05, 4.69) is 5.32 Å². The van der Waals surface area contributed by atoms with E-state index in [1.807, 2.05) is 26.8 Å². The molecule has 0 aliphatic rings. The van der Waals surface area contributed by atoms with E-state index in [9.17, 15) is 4.79 Å². The number of carbonyl (C=O) groups excluding carboxylic acids is 1. The van der Waals surface area contributed by atoms with E-state index >= 15 is 0 Å². The monoisotopic (exact) mass is 301 g/mol. The van der Waals surface area contributed by atoms with Crippen molar-refractivity contribution in [3.63, 3.8) is 0 Å². The molecule has 0 unspecified atom stereocenters. The van der Waals surface area contributed by atoms with Crippen LogP contribution in [-0.2, 0) is 4.74 Å². The fraction of sp³-hybridized carbons (Fsp3) is 0.357. The van der Waals surface area contributed by atoms with Crippen molar-refractivity contribution in [2.75, 3.05) is 6.54 Å². The second-order valence-electron chi connectivity index (χ2n) is 4.99. The molecule has 0 aliphatic heterocycles. The van der Waals surface area contributed by atoms with E-state index in [4.69, 9.17) is 27.9 Å². The zero-order chi connectivity index (χ0) is 14.5. The van der Waals surface area contributed by atoms with Crippen molar-refractivity contribution >= 4 is 35.4 Å². The van der Waals surface area contributed by atoms with Crippen LogP contribution in [0.2, 0.25) is 10.0 Å². The first-order chi connectivity index (χ1) is 8.76. The standard InChI is InChI=1S/C14H17Cl2NO2/c1-14(2,3)19-13(18)17-6-4-5-10-7-11(15)9-12(16)8-10/h4-5,7-9H,6H2,1-3H3,(H,17,18). The summed E-state index contributed by atoms with van der Waals surface area (Å²) in [5, 5.41) is 3.78. The van der Waals surface area contributed by atoms with Crippen LogP contribution in [0.4, 0.5) is 4.79 Å². The second-order valence-corrected chi connectivity index (χ2v) is 5.86. The minimum atomic E-state index is -0.492. The van der Waals surface area contributed by atoms with E-state index in [0.717, 1.165) is 5.56 Å². The van der Waals surface area contributed by atoms with E-state index in [1.165, 1.54) is 0 Å². The molecule has 5 heteroatoms. The Hall–Kier alpha value is -1.19. The normalized spacial score (nSPS) is 11.6. The molecule has 0 fully saturated rings. The minimum absolute atomic E-state index is 0.374. The summed E-state index contributed by atoms with van der Waals surface area (Å²) in [4.78, 5) is 11.4. The predicted molar refractivity (Wildman–Crippen MR) is 79.7 cm³/mol. The lowest BCUT2D eigenvalue weighted by Crippen LogP contribution is -2.32. The first-order valence-electron chi connectivity index (χ1n) is 5.86. The quantitative estimate of drug-likeness (QED) is 0.890. The first-order valence-corrected chi connectivity index (χ1v) is 6.61. The van der Waals surface area contributed by atoms with Gasteiger partial charge in [0.2, 0.25) is 0 Å². The van der Waals surface area contributed by atoms with Crippen LogP contribution in [0, 0.1) is 0 Å². The SMILES string of the molecule is CC(C)(C)OC(=O)NCC=Cc1cc(Cl)cc(Cl)c1. The molecule has 1 aromatic rings. The van der Waals surface area contributed by atoms with Gasteiger partial charge < -0.3 is 10.1 Å². The summed E-state index contributed by atoms with van der Waals surface area (Å²) in [6.07, 6.45) is 3.18. The van der Waals surface area contributed by atoms with Crippen LogP contribution >= 0.6 is 23.2 Å². The zero-order valence-electron chi connectivity index (χ0n) is 11.2. The molecule has 0 saturated carbocycles. The van der Waals surface area contributed by atoms with E-state index in [1.54, 1.807) is 24.3 Å². The highest BCUT2D eigenvalue weighted by atomic mass is 35.5. The summed E-state index contributed by atoms with van der Waals surface area (Å²) in [5.74, 6) is 0. The van der Waals surface area contributed by atoms with Crippen LogP contribution in [0.15, 0.2) is 24.3 Å². The average Bonchev–Trinajstić information content (AvgIpc) is 2.20. The van der Waals surface area contributed by atoms with Crippen molar-refractivity contribution in [3.05, 3.63) is 39.9 Å². The van der Waals surface area contributed by atoms with Crippen molar-refractivity contribution in [3.8, 4) is 0 Å². The smallest absolute Gasteiger partial charge is 0.407 e. The van der Waals surface area contributed by atoms with Crippen LogP contribution in [0.5, 0.6) is 0 Å². The Morgan fingerprint density at radius 3 is 2.37 bits per heavy atom. The van der Waals surface area contributed by atoms with E-state index in [-0.39, 0.29) is 0 Å². The third-order valence-electron chi connectivity index (χ3n) is 1.96. The highest BCUT2D eigenvalue weighted by Crippen LogP contribution is 2.19. The fourth-order valence-corrected chi connectivity index (χ4v) is 1.87. The van der Waals surface area contributed by atoms with Crippen molar-refractivity contribution in [1.82, 2.24) is 5.32 Å². The molecular weight excluding hydrogens is 285 g/mol. The van der Waals surface area contributed by atoms with Gasteiger partial charge in [0.15, 0.2) is 0 Å². The van der Waals surface area contributed by atoms with Crippen LogP contribution < -0.4 is 5.32 Å². The number of benzene rings is 1. The lowest BCUT2D eigenvalue weighted by molar-refractivity contribution is 0.0534. The molecule has 0 spiro atoms. The van der Waals surface area contributed by atoms with Gasteiger partial charge in [0.25, 0.3) is 0 Å². The molecule has 1 aromatic carbocycles. The zero-order valence-corrected chi connectivity index (χ0v) is 12.7. The second kappa shape index (κ2) is 6.83. The molecule has 0 saturated heterocycles. The van der Waals surface area contributed by atoms with Crippen molar-refractivity contribution in [2.45, 2.75) is 26.4 Å². The van der Waals surface area contributed by atoms with Gasteiger partial charge in [-0.05, 0) is 44.5 Å². The van der Waals surface area contributed by atoms with Crippen LogP contribution in [-0.4, -0.2) is 18.2 Å². The Bertz CT molecular complexity index is 459. The Morgan fingerprint density at radius 1 is 1.26 bits per heavy atom. The number of hydrogen-bond donors (Lipinski definition) is 1. The summed E-state index contributed by atoms with van der Waals surface area (Å²) in [6, 6.07) is 5.24. The number of ether oxygens (including phenoxy) is 1. The van der Waals surface area contributed by atoms with Gasteiger partial charge in [0.05, 0.1) is 0 Å². The molecule has 3 nitrogen and oxygen atoms in total. The third-order valence-corrected chi connectivity index (χ3v) is 2.39. The van der Waals surface area contributed by atoms with Gasteiger partial charge in [-0.15, -0.1) is 0 Å². The van der Waals surface area contributed by atoms with Gasteiger partial charge in [-0.2, -0.15) is 0 Å². The minimum Gasteiger partial charge on any atom is -0.444 e. The molecular formula is C14H17Cl2NO2. The average molecular weight is 302 g/mol. The first kappa shape index (κ1) is 15.9. The molecule has 0 radical (unpaired) electrons. The number of alkyl carbamates (subject to hydrolysis) is 1. The number of carbonyl (C=O) groups is 1. The van der Waals surface area contributed by atoms with Gasteiger partial charge in [0, 0.05) is 16.6 Å². The molecule has 1 amide bonds. The number of halogens is 2. The maximum absolute atomic E-state index is 11.4. The molecule has 0 heterocycles. The largest absolute Gasteiger partial charge is 0.444 e. The maximum atomic E-state index is 11.4. The summed E-state index contributed by atoms with van der Waals surface area (Å²) >= 11 is 11.8. The Morgan fingerprint density at radius 2 is 1.84 bits per heavy atom. The Kier molecular flexibility index (Phi) is 5.70. The lowest BCUT2D eigenvalue weighted by atomic mass is 10.2. The fourth-order valence-electron chi connectivity index (χ4n) is 1.32. The highest BCUT2D eigenvalue weighted by Gasteiger charge is 2.14. The molecule has 0 aliphatic carbocycles. The highest BCUT2D eigenvalue weighted by molar-refractivity contribution is 6.34. The van der Waals surface area contributed by atoms with E-state index < -0.39 is 11.7 Å². The summed E-state index contributed by atoms with van der Waals surface area (Å²) in [6.45, 7) is 5.82. The summed E-state index contributed by atoms with van der Waals surface area (Å²) in [7, 11) is 0. The summed E-state index contributed by atoms with van der Waals surface area (Å²) < 4.78 is 5.10. The summed E-state index contributed by atoms with van der Waals surface area (Å²) in [5.41, 5.74) is 0.386. The molecule has 104 valence electrons. The predicted octanol–water partition coefficient (Wildman–Crippen LogP) is 4.53. The number of hydrogen-bond acceptors (Lipinski definition) is 2. The molecule has 0 atom stereocenters. The third kappa shape index (κ3) is 7.09. The van der Waals surface area contributed by atoms with Crippen molar-refractivity contribution < 1.29 is 9.53 Å². The lowest BCUT2D eigenvalue weighted by Gasteiger charge is -2.19. The Balaban J connectivity index is 2.44. The van der Waals surface area contributed by atoms with Crippen molar-refractivity contribution in [2.24, 2.45) is 0 Å². The molecule has 0 bridgehead atoms.